The summed E-state index contributed by atoms with van der Waals surface area (Å²) in [6.07, 6.45) is 0.0230. The number of amides is 1. The molecule has 0 unspecified atom stereocenters. The molecule has 1 aliphatic rings. The summed E-state index contributed by atoms with van der Waals surface area (Å²) in [7, 11) is 0. The van der Waals surface area contributed by atoms with Crippen molar-refractivity contribution in [3.05, 3.63) is 0 Å². The number of carbonyl (C=O) groups excluding carboxylic acids is 1. The Morgan fingerprint density at radius 1 is 1.73 bits per heavy atom. The fourth-order valence-electron chi connectivity index (χ4n) is 1.55. The first-order valence-electron chi connectivity index (χ1n) is 5.25. The van der Waals surface area contributed by atoms with Crippen molar-refractivity contribution in [3.63, 3.8) is 0 Å². The van der Waals surface area contributed by atoms with Crippen LogP contribution < -0.4 is 5.32 Å². The van der Waals surface area contributed by atoms with E-state index in [9.17, 15) is 4.79 Å². The molecule has 0 saturated carbocycles. The van der Waals surface area contributed by atoms with Gasteiger partial charge in [0.1, 0.15) is 6.42 Å². The van der Waals surface area contributed by atoms with Gasteiger partial charge in [-0.25, -0.2) is 0 Å². The Morgan fingerprint density at radius 2 is 2.53 bits per heavy atom. The van der Waals surface area contributed by atoms with Crippen LogP contribution in [0.2, 0.25) is 0 Å². The summed E-state index contributed by atoms with van der Waals surface area (Å²) in [6, 6.07) is 1.88. The predicted molar refractivity (Wildman–Crippen MR) is 55.1 cm³/mol. The Morgan fingerprint density at radius 3 is 3.20 bits per heavy atom. The molecule has 1 saturated heterocycles. The van der Waals surface area contributed by atoms with Crippen molar-refractivity contribution in [2.24, 2.45) is 0 Å². The van der Waals surface area contributed by atoms with Gasteiger partial charge in [0.15, 0.2) is 0 Å². The van der Waals surface area contributed by atoms with Crippen LogP contribution in [0, 0.1) is 11.3 Å². The first kappa shape index (κ1) is 12.0. The van der Waals surface area contributed by atoms with E-state index in [1.165, 1.54) is 0 Å². The van der Waals surface area contributed by atoms with Crippen molar-refractivity contribution >= 4 is 5.91 Å². The van der Waals surface area contributed by atoms with Crippen molar-refractivity contribution in [1.82, 2.24) is 10.2 Å². The van der Waals surface area contributed by atoms with Gasteiger partial charge in [0.05, 0.1) is 18.8 Å². The second-order valence-corrected chi connectivity index (χ2v) is 3.48. The number of rotatable bonds is 4. The molecule has 5 nitrogen and oxygen atoms in total. The van der Waals surface area contributed by atoms with E-state index in [0.29, 0.717) is 19.7 Å². The Labute approximate surface area is 90.0 Å². The van der Waals surface area contributed by atoms with E-state index >= 15 is 0 Å². The van der Waals surface area contributed by atoms with Gasteiger partial charge in [-0.2, -0.15) is 5.26 Å². The third kappa shape index (κ3) is 3.86. The lowest BCUT2D eigenvalue weighted by atomic mass is 10.2. The molecule has 1 N–H and O–H groups in total. The standard InChI is InChI=1S/C10H17N3O2/c1-2-12-7-9-8-13(5-6-15-9)10(14)3-4-11/h9,12H,2-3,5-8H2,1H3/t9-/m0/s1. The average Bonchev–Trinajstić information content (AvgIpc) is 2.27. The lowest BCUT2D eigenvalue weighted by Crippen LogP contribution is -2.48. The Balaban J connectivity index is 2.35. The lowest BCUT2D eigenvalue weighted by molar-refractivity contribution is -0.137. The monoisotopic (exact) mass is 211 g/mol. The largest absolute Gasteiger partial charge is 0.373 e. The number of morpholine rings is 1. The van der Waals surface area contributed by atoms with Crippen LogP contribution in [0.15, 0.2) is 0 Å². The molecular weight excluding hydrogens is 194 g/mol. The highest BCUT2D eigenvalue weighted by atomic mass is 16.5. The number of hydrogen-bond acceptors (Lipinski definition) is 4. The molecule has 1 atom stereocenters. The molecule has 0 aromatic carbocycles. The predicted octanol–water partition coefficient (Wildman–Crippen LogP) is -0.263. The third-order valence-corrected chi connectivity index (χ3v) is 2.34. The Bertz CT molecular complexity index is 250. The van der Waals surface area contributed by atoms with Gasteiger partial charge in [-0.1, -0.05) is 6.92 Å². The molecule has 0 aromatic rings. The molecule has 15 heavy (non-hydrogen) atoms. The summed E-state index contributed by atoms with van der Waals surface area (Å²) in [4.78, 5) is 13.1. The van der Waals surface area contributed by atoms with Crippen molar-refractivity contribution in [2.75, 3.05) is 32.8 Å². The van der Waals surface area contributed by atoms with Crippen LogP contribution >= 0.6 is 0 Å². The molecule has 1 rings (SSSR count). The van der Waals surface area contributed by atoms with Gasteiger partial charge in [-0.05, 0) is 6.54 Å². The van der Waals surface area contributed by atoms with E-state index in [2.05, 4.69) is 5.32 Å². The van der Waals surface area contributed by atoms with Crippen LogP contribution in [-0.2, 0) is 9.53 Å². The fraction of sp³-hybridized carbons (Fsp3) is 0.800. The summed E-state index contributed by atoms with van der Waals surface area (Å²) in [5.41, 5.74) is 0. The zero-order chi connectivity index (χ0) is 11.1. The van der Waals surface area contributed by atoms with Crippen LogP contribution in [-0.4, -0.2) is 49.7 Å². The van der Waals surface area contributed by atoms with Crippen molar-refractivity contribution < 1.29 is 9.53 Å². The number of nitrogens with zero attached hydrogens (tertiary/aromatic N) is 2. The normalized spacial score (nSPS) is 21.1. The lowest BCUT2D eigenvalue weighted by Gasteiger charge is -2.32. The molecule has 0 bridgehead atoms. The van der Waals surface area contributed by atoms with Crippen LogP contribution in [0.1, 0.15) is 13.3 Å². The van der Waals surface area contributed by atoms with Gasteiger partial charge >= 0.3 is 0 Å². The van der Waals surface area contributed by atoms with Crippen molar-refractivity contribution in [3.8, 4) is 6.07 Å². The van der Waals surface area contributed by atoms with Crippen LogP contribution in [0.3, 0.4) is 0 Å². The molecule has 5 heteroatoms. The van der Waals surface area contributed by atoms with Crippen LogP contribution in [0.5, 0.6) is 0 Å². The first-order valence-corrected chi connectivity index (χ1v) is 5.25. The van der Waals surface area contributed by atoms with Gasteiger partial charge in [0.2, 0.25) is 5.91 Å². The molecule has 84 valence electrons. The SMILES string of the molecule is CCNC[C@H]1CN(C(=O)CC#N)CCO1. The summed E-state index contributed by atoms with van der Waals surface area (Å²) >= 11 is 0. The first-order chi connectivity index (χ1) is 7.27. The summed E-state index contributed by atoms with van der Waals surface area (Å²) < 4.78 is 5.50. The van der Waals surface area contributed by atoms with Gasteiger partial charge < -0.3 is 15.0 Å². The van der Waals surface area contributed by atoms with E-state index in [4.69, 9.17) is 10.00 Å². The average molecular weight is 211 g/mol. The highest BCUT2D eigenvalue weighted by molar-refractivity contribution is 5.78. The van der Waals surface area contributed by atoms with Crippen LogP contribution in [0.4, 0.5) is 0 Å². The van der Waals surface area contributed by atoms with E-state index < -0.39 is 0 Å². The second kappa shape index (κ2) is 6.38. The van der Waals surface area contributed by atoms with Gasteiger partial charge in [-0.15, -0.1) is 0 Å². The maximum atomic E-state index is 11.4. The number of nitrogens with one attached hydrogen (secondary N) is 1. The van der Waals surface area contributed by atoms with Gasteiger partial charge in [0, 0.05) is 19.6 Å². The number of likely N-dealkylation sites (N-methyl/N-ethyl adjacent to an activating group) is 1. The summed E-state index contributed by atoms with van der Waals surface area (Å²) in [5.74, 6) is -0.0951. The topological polar surface area (TPSA) is 65.4 Å². The molecule has 1 aliphatic heterocycles. The zero-order valence-corrected chi connectivity index (χ0v) is 9.03. The molecular formula is C10H17N3O2. The second-order valence-electron chi connectivity index (χ2n) is 3.48. The summed E-state index contributed by atoms with van der Waals surface area (Å²) in [6.45, 7) is 5.43. The zero-order valence-electron chi connectivity index (χ0n) is 9.03. The molecule has 1 fully saturated rings. The number of ether oxygens (including phenoxy) is 1. The van der Waals surface area contributed by atoms with E-state index in [-0.39, 0.29) is 18.4 Å². The maximum Gasteiger partial charge on any atom is 0.236 e. The minimum atomic E-state index is -0.0951. The molecule has 1 heterocycles. The molecule has 0 radical (unpaired) electrons. The smallest absolute Gasteiger partial charge is 0.236 e. The number of nitriles is 1. The minimum Gasteiger partial charge on any atom is -0.373 e. The Kier molecular flexibility index (Phi) is 5.08. The van der Waals surface area contributed by atoms with Gasteiger partial charge in [0.25, 0.3) is 0 Å². The minimum absolute atomic E-state index is 0.0338. The maximum absolute atomic E-state index is 11.4. The van der Waals surface area contributed by atoms with Crippen molar-refractivity contribution in [2.45, 2.75) is 19.4 Å². The Hall–Kier alpha value is -1.12. The van der Waals surface area contributed by atoms with E-state index in [1.54, 1.807) is 4.90 Å². The highest BCUT2D eigenvalue weighted by Crippen LogP contribution is 2.05. The fourth-order valence-corrected chi connectivity index (χ4v) is 1.55. The molecule has 0 spiro atoms. The number of carbonyl (C=O) groups is 1. The molecule has 1 amide bonds. The van der Waals surface area contributed by atoms with E-state index in [1.807, 2.05) is 13.0 Å². The highest BCUT2D eigenvalue weighted by Gasteiger charge is 2.23. The summed E-state index contributed by atoms with van der Waals surface area (Å²) in [5, 5.41) is 11.6. The van der Waals surface area contributed by atoms with Crippen LogP contribution in [0.25, 0.3) is 0 Å². The van der Waals surface area contributed by atoms with E-state index in [0.717, 1.165) is 13.1 Å². The molecule has 0 aromatic heterocycles. The third-order valence-electron chi connectivity index (χ3n) is 2.34. The van der Waals surface area contributed by atoms with Gasteiger partial charge in [-0.3, -0.25) is 4.79 Å². The quantitative estimate of drug-likeness (QED) is 0.695. The van der Waals surface area contributed by atoms with Crippen molar-refractivity contribution in [1.29, 1.82) is 5.26 Å². The number of hydrogen-bond donors (Lipinski definition) is 1. The molecule has 0 aliphatic carbocycles.